The van der Waals surface area contributed by atoms with Gasteiger partial charge in [-0.3, -0.25) is 4.79 Å². The number of hydrogen-bond donors (Lipinski definition) is 1. The van der Waals surface area contributed by atoms with Crippen LogP contribution in [0.15, 0.2) is 39.3 Å². The van der Waals surface area contributed by atoms with Crippen molar-refractivity contribution in [1.82, 2.24) is 0 Å². The van der Waals surface area contributed by atoms with Gasteiger partial charge < -0.3 is 10.1 Å². The summed E-state index contributed by atoms with van der Waals surface area (Å²) in [6, 6.07) is 9.78. The maximum atomic E-state index is 11.7. The van der Waals surface area contributed by atoms with Gasteiger partial charge in [-0.1, -0.05) is 28.9 Å². The van der Waals surface area contributed by atoms with E-state index in [1.165, 1.54) is 11.1 Å². The molecule has 23 heavy (non-hydrogen) atoms. The van der Waals surface area contributed by atoms with Crippen molar-refractivity contribution in [2.45, 2.75) is 33.8 Å². The normalized spacial score (nSPS) is 10.5. The molecule has 122 valence electrons. The molecule has 0 atom stereocenters. The predicted octanol–water partition coefficient (Wildman–Crippen LogP) is 5.76. The lowest BCUT2D eigenvalue weighted by atomic mass is 10.1. The van der Waals surface area contributed by atoms with Crippen LogP contribution in [0.3, 0.4) is 0 Å². The van der Waals surface area contributed by atoms with Gasteiger partial charge in [0, 0.05) is 22.1 Å². The van der Waals surface area contributed by atoms with Crippen LogP contribution in [0.5, 0.6) is 5.75 Å². The summed E-state index contributed by atoms with van der Waals surface area (Å²) in [4.78, 5) is 11.7. The van der Waals surface area contributed by atoms with Crippen molar-refractivity contribution in [3.05, 3.63) is 56.0 Å². The number of nitrogens with one attached hydrogen (secondary N) is 1. The number of aryl methyl sites for hydroxylation is 2. The van der Waals surface area contributed by atoms with Crippen molar-refractivity contribution in [1.29, 1.82) is 0 Å². The Balaban J connectivity index is 2.23. The third kappa shape index (κ3) is 4.58. The van der Waals surface area contributed by atoms with Crippen LogP contribution < -0.4 is 10.1 Å². The second-order valence-electron chi connectivity index (χ2n) is 5.32. The number of halogens is 2. The zero-order valence-corrected chi connectivity index (χ0v) is 16.5. The zero-order valence-electron chi connectivity index (χ0n) is 13.4. The summed E-state index contributed by atoms with van der Waals surface area (Å²) in [7, 11) is 0. The molecule has 0 unspecified atom stereocenters. The van der Waals surface area contributed by atoms with Gasteiger partial charge in [0.25, 0.3) is 0 Å². The quantitative estimate of drug-likeness (QED) is 0.642. The molecule has 0 fully saturated rings. The average Bonchev–Trinajstić information content (AvgIpc) is 2.51. The van der Waals surface area contributed by atoms with Crippen molar-refractivity contribution in [3.63, 3.8) is 0 Å². The van der Waals surface area contributed by atoms with Crippen LogP contribution in [0, 0.1) is 13.8 Å². The molecular weight excluding hydrogens is 422 g/mol. The molecule has 0 radical (unpaired) electrons. The number of carbonyl (C=O) groups excluding carboxylic acids is 1. The van der Waals surface area contributed by atoms with Gasteiger partial charge in [-0.25, -0.2) is 0 Å². The molecule has 0 bridgehead atoms. The minimum Gasteiger partial charge on any atom is -0.488 e. The third-order valence-electron chi connectivity index (χ3n) is 3.63. The SMILES string of the molecule is CCC(=O)Nc1cccc(Br)c1COc1cc(C)c(C)cc1Br. The van der Waals surface area contributed by atoms with Crippen LogP contribution in [-0.4, -0.2) is 5.91 Å². The van der Waals surface area contributed by atoms with E-state index in [1.807, 2.05) is 37.3 Å². The first-order valence-corrected chi connectivity index (χ1v) is 8.97. The summed E-state index contributed by atoms with van der Waals surface area (Å²) in [6.07, 6.45) is 0.440. The van der Waals surface area contributed by atoms with Gasteiger partial charge >= 0.3 is 0 Å². The summed E-state index contributed by atoms with van der Waals surface area (Å²) in [6.45, 7) is 6.31. The molecule has 0 saturated heterocycles. The smallest absolute Gasteiger partial charge is 0.224 e. The second kappa shape index (κ2) is 7.97. The lowest BCUT2D eigenvalue weighted by Crippen LogP contribution is -2.12. The molecular formula is C18H19Br2NO2. The summed E-state index contributed by atoms with van der Waals surface area (Å²) in [5.74, 6) is 0.772. The molecule has 2 aromatic rings. The highest BCUT2D eigenvalue weighted by molar-refractivity contribution is 9.10. The van der Waals surface area contributed by atoms with E-state index in [2.05, 4.69) is 51.0 Å². The number of ether oxygens (including phenoxy) is 1. The fourth-order valence-electron chi connectivity index (χ4n) is 2.08. The number of amides is 1. The monoisotopic (exact) mass is 439 g/mol. The summed E-state index contributed by atoms with van der Waals surface area (Å²) >= 11 is 7.07. The third-order valence-corrected chi connectivity index (χ3v) is 5.00. The molecule has 0 aliphatic carbocycles. The Morgan fingerprint density at radius 2 is 1.83 bits per heavy atom. The lowest BCUT2D eigenvalue weighted by molar-refractivity contribution is -0.115. The fraction of sp³-hybridized carbons (Fsp3) is 0.278. The maximum absolute atomic E-state index is 11.7. The Hall–Kier alpha value is -1.33. The van der Waals surface area contributed by atoms with E-state index in [-0.39, 0.29) is 5.91 Å². The Kier molecular flexibility index (Phi) is 6.25. The highest BCUT2D eigenvalue weighted by atomic mass is 79.9. The van der Waals surface area contributed by atoms with E-state index >= 15 is 0 Å². The highest BCUT2D eigenvalue weighted by Gasteiger charge is 2.11. The van der Waals surface area contributed by atoms with E-state index in [0.29, 0.717) is 13.0 Å². The van der Waals surface area contributed by atoms with Crippen molar-refractivity contribution in [3.8, 4) is 5.75 Å². The van der Waals surface area contributed by atoms with Gasteiger partial charge in [0.1, 0.15) is 12.4 Å². The molecule has 0 aromatic heterocycles. The highest BCUT2D eigenvalue weighted by Crippen LogP contribution is 2.31. The minimum atomic E-state index is -0.0169. The van der Waals surface area contributed by atoms with Gasteiger partial charge in [0.2, 0.25) is 5.91 Å². The van der Waals surface area contributed by atoms with Crippen LogP contribution in [0.25, 0.3) is 0 Å². The van der Waals surface area contributed by atoms with E-state index in [9.17, 15) is 4.79 Å². The van der Waals surface area contributed by atoms with Gasteiger partial charge in [0.15, 0.2) is 0 Å². The first-order valence-electron chi connectivity index (χ1n) is 7.39. The van der Waals surface area contributed by atoms with Crippen molar-refractivity contribution >= 4 is 43.5 Å². The summed E-state index contributed by atoms with van der Waals surface area (Å²) in [5.41, 5.74) is 4.07. The Labute approximate surface area is 153 Å². The molecule has 2 rings (SSSR count). The van der Waals surface area contributed by atoms with Gasteiger partial charge in [0.05, 0.1) is 4.47 Å². The number of rotatable bonds is 5. The minimum absolute atomic E-state index is 0.0169. The van der Waals surface area contributed by atoms with Gasteiger partial charge in [-0.05, 0) is 65.2 Å². The van der Waals surface area contributed by atoms with Crippen LogP contribution in [0.2, 0.25) is 0 Å². The van der Waals surface area contributed by atoms with Crippen molar-refractivity contribution in [2.24, 2.45) is 0 Å². The topological polar surface area (TPSA) is 38.3 Å². The largest absolute Gasteiger partial charge is 0.488 e. The zero-order chi connectivity index (χ0) is 17.0. The standard InChI is InChI=1S/C18H19Br2NO2/c1-4-18(22)21-16-7-5-6-14(19)13(16)10-23-17-9-12(3)11(2)8-15(17)20/h5-9H,4,10H2,1-3H3,(H,21,22). The van der Waals surface area contributed by atoms with Crippen LogP contribution in [0.4, 0.5) is 5.69 Å². The lowest BCUT2D eigenvalue weighted by Gasteiger charge is -2.15. The van der Waals surface area contributed by atoms with Crippen LogP contribution in [-0.2, 0) is 11.4 Å². The maximum Gasteiger partial charge on any atom is 0.224 e. The Bertz CT molecular complexity index is 729. The molecule has 0 heterocycles. The van der Waals surface area contributed by atoms with E-state index in [4.69, 9.17) is 4.74 Å². The van der Waals surface area contributed by atoms with Crippen molar-refractivity contribution < 1.29 is 9.53 Å². The molecule has 5 heteroatoms. The van der Waals surface area contributed by atoms with E-state index < -0.39 is 0 Å². The second-order valence-corrected chi connectivity index (χ2v) is 7.03. The molecule has 0 aliphatic rings. The number of benzene rings is 2. The molecule has 1 amide bonds. The van der Waals surface area contributed by atoms with Crippen LogP contribution in [0.1, 0.15) is 30.0 Å². The van der Waals surface area contributed by atoms with E-state index in [0.717, 1.165) is 25.9 Å². The van der Waals surface area contributed by atoms with Gasteiger partial charge in [-0.15, -0.1) is 0 Å². The average molecular weight is 441 g/mol. The Morgan fingerprint density at radius 1 is 1.13 bits per heavy atom. The first-order chi connectivity index (χ1) is 10.9. The molecule has 0 aliphatic heterocycles. The van der Waals surface area contributed by atoms with Gasteiger partial charge in [-0.2, -0.15) is 0 Å². The molecule has 0 saturated carbocycles. The number of anilines is 1. The number of carbonyl (C=O) groups is 1. The summed E-state index contributed by atoms with van der Waals surface area (Å²) in [5, 5.41) is 2.91. The number of hydrogen-bond acceptors (Lipinski definition) is 2. The molecule has 1 N–H and O–H groups in total. The molecule has 2 aromatic carbocycles. The first kappa shape index (κ1) is 18.0. The van der Waals surface area contributed by atoms with Crippen LogP contribution >= 0.6 is 31.9 Å². The predicted molar refractivity (Wildman–Crippen MR) is 101 cm³/mol. The molecule has 0 spiro atoms. The van der Waals surface area contributed by atoms with Crippen molar-refractivity contribution in [2.75, 3.05) is 5.32 Å². The summed E-state index contributed by atoms with van der Waals surface area (Å²) < 4.78 is 7.80. The van der Waals surface area contributed by atoms with E-state index in [1.54, 1.807) is 0 Å². The Morgan fingerprint density at radius 3 is 2.52 bits per heavy atom. The molecule has 3 nitrogen and oxygen atoms in total. The fourth-order valence-corrected chi connectivity index (χ4v) is 3.13.